The predicted octanol–water partition coefficient (Wildman–Crippen LogP) is 3.14. The van der Waals surface area contributed by atoms with Crippen molar-refractivity contribution in [2.45, 2.75) is 39.7 Å². The third-order valence-corrected chi connectivity index (χ3v) is 6.25. The van der Waals surface area contributed by atoms with Crippen molar-refractivity contribution in [3.8, 4) is 0 Å². The van der Waals surface area contributed by atoms with Crippen LogP contribution in [0.4, 0.5) is 0 Å². The van der Waals surface area contributed by atoms with Gasteiger partial charge in [-0.1, -0.05) is 15.9 Å². The summed E-state index contributed by atoms with van der Waals surface area (Å²) in [4.78, 5) is 17.1. The van der Waals surface area contributed by atoms with E-state index in [-0.39, 0.29) is 17.2 Å². The Morgan fingerprint density at radius 1 is 1.39 bits per heavy atom. The summed E-state index contributed by atoms with van der Waals surface area (Å²) in [7, 11) is 1.85. The SMILES string of the molecule is C/C(=C\c1ccco1)CN1CCC2(CC1)CC2C(=O)N(C)Cc1nonc1C. The summed E-state index contributed by atoms with van der Waals surface area (Å²) in [6.07, 6.45) is 7.00. The molecule has 1 amide bonds. The minimum atomic E-state index is 0.152. The molecule has 1 aliphatic heterocycles. The number of likely N-dealkylation sites (tertiary alicyclic amines) is 1. The Labute approximate surface area is 165 Å². The van der Waals surface area contributed by atoms with Gasteiger partial charge in [-0.15, -0.1) is 0 Å². The van der Waals surface area contributed by atoms with Gasteiger partial charge in [0.1, 0.15) is 17.1 Å². The average molecular weight is 384 g/mol. The largest absolute Gasteiger partial charge is 0.465 e. The molecule has 2 aromatic heterocycles. The zero-order valence-corrected chi connectivity index (χ0v) is 16.9. The van der Waals surface area contributed by atoms with E-state index < -0.39 is 0 Å². The van der Waals surface area contributed by atoms with Crippen LogP contribution >= 0.6 is 0 Å². The molecule has 0 aromatic carbocycles. The molecule has 0 bridgehead atoms. The van der Waals surface area contributed by atoms with Crippen molar-refractivity contribution in [1.82, 2.24) is 20.1 Å². The van der Waals surface area contributed by atoms with Crippen LogP contribution in [-0.4, -0.2) is 52.7 Å². The molecule has 1 spiro atoms. The molecule has 1 aliphatic carbocycles. The Bertz CT molecular complexity index is 847. The second kappa shape index (κ2) is 7.54. The fourth-order valence-electron chi connectivity index (χ4n) is 4.38. The zero-order chi connectivity index (χ0) is 19.7. The molecule has 7 heteroatoms. The second-order valence-electron chi connectivity index (χ2n) is 8.39. The van der Waals surface area contributed by atoms with Crippen LogP contribution in [0.25, 0.3) is 6.08 Å². The summed E-state index contributed by atoms with van der Waals surface area (Å²) in [6.45, 7) is 7.50. The molecule has 2 aliphatic rings. The molecule has 0 N–H and O–H groups in total. The lowest BCUT2D eigenvalue weighted by Crippen LogP contribution is -2.38. The van der Waals surface area contributed by atoms with Crippen molar-refractivity contribution in [3.63, 3.8) is 0 Å². The van der Waals surface area contributed by atoms with Gasteiger partial charge < -0.3 is 9.32 Å². The molecule has 4 rings (SSSR count). The maximum absolute atomic E-state index is 12.9. The van der Waals surface area contributed by atoms with E-state index in [1.807, 2.05) is 26.1 Å². The van der Waals surface area contributed by atoms with Crippen molar-refractivity contribution in [3.05, 3.63) is 41.1 Å². The van der Waals surface area contributed by atoms with E-state index in [4.69, 9.17) is 9.05 Å². The van der Waals surface area contributed by atoms with Gasteiger partial charge >= 0.3 is 0 Å². The first-order valence-electron chi connectivity index (χ1n) is 9.93. The van der Waals surface area contributed by atoms with Gasteiger partial charge in [-0.25, -0.2) is 4.63 Å². The molecule has 1 saturated carbocycles. The Morgan fingerprint density at radius 3 is 2.82 bits per heavy atom. The van der Waals surface area contributed by atoms with Crippen molar-refractivity contribution >= 4 is 12.0 Å². The first kappa shape index (κ1) is 18.9. The first-order chi connectivity index (χ1) is 13.5. The highest BCUT2D eigenvalue weighted by molar-refractivity contribution is 5.82. The van der Waals surface area contributed by atoms with Gasteiger partial charge in [-0.3, -0.25) is 9.69 Å². The van der Waals surface area contributed by atoms with E-state index in [1.165, 1.54) is 5.57 Å². The summed E-state index contributed by atoms with van der Waals surface area (Å²) < 4.78 is 10.1. The molecule has 3 heterocycles. The number of piperidine rings is 1. The number of furan rings is 1. The number of aromatic nitrogens is 2. The van der Waals surface area contributed by atoms with E-state index in [9.17, 15) is 4.79 Å². The molecule has 1 atom stereocenters. The van der Waals surface area contributed by atoms with E-state index in [1.54, 1.807) is 11.2 Å². The summed E-state index contributed by atoms with van der Waals surface area (Å²) in [5, 5.41) is 7.68. The smallest absolute Gasteiger partial charge is 0.226 e. The second-order valence-corrected chi connectivity index (χ2v) is 8.39. The Balaban J connectivity index is 1.27. The highest BCUT2D eigenvalue weighted by Crippen LogP contribution is 2.60. The van der Waals surface area contributed by atoms with Crippen LogP contribution in [0.5, 0.6) is 0 Å². The number of aryl methyl sites for hydroxylation is 1. The quantitative estimate of drug-likeness (QED) is 0.762. The lowest BCUT2D eigenvalue weighted by molar-refractivity contribution is -0.133. The Kier molecular flexibility index (Phi) is 5.10. The Hall–Kier alpha value is -2.41. The summed E-state index contributed by atoms with van der Waals surface area (Å²) in [5.74, 6) is 1.28. The number of hydrogen-bond donors (Lipinski definition) is 0. The Morgan fingerprint density at radius 2 is 2.18 bits per heavy atom. The standard InChI is InChI=1S/C21H28N4O3/c1-15(11-17-5-4-10-27-17)13-25-8-6-21(7-9-25)12-18(21)20(26)24(3)14-19-16(2)22-28-23-19/h4-5,10-11,18H,6-9,12-14H2,1-3H3/b15-11+. The highest BCUT2D eigenvalue weighted by Gasteiger charge is 2.59. The molecule has 1 unspecified atom stereocenters. The average Bonchev–Trinajstić information content (AvgIpc) is 2.98. The molecule has 7 nitrogen and oxygen atoms in total. The van der Waals surface area contributed by atoms with E-state index in [0.717, 1.165) is 56.0 Å². The van der Waals surface area contributed by atoms with Gasteiger partial charge in [0.15, 0.2) is 0 Å². The topological polar surface area (TPSA) is 75.6 Å². The fraction of sp³-hybridized carbons (Fsp3) is 0.571. The first-order valence-corrected chi connectivity index (χ1v) is 9.93. The number of carbonyl (C=O) groups excluding carboxylic acids is 1. The predicted molar refractivity (Wildman–Crippen MR) is 104 cm³/mol. The minimum Gasteiger partial charge on any atom is -0.465 e. The number of amides is 1. The maximum Gasteiger partial charge on any atom is 0.226 e. The third kappa shape index (κ3) is 3.90. The number of rotatable bonds is 6. The van der Waals surface area contributed by atoms with Gasteiger partial charge in [0.25, 0.3) is 0 Å². The zero-order valence-electron chi connectivity index (χ0n) is 16.9. The molecule has 2 aromatic rings. The van der Waals surface area contributed by atoms with Gasteiger partial charge in [-0.05, 0) is 69.8 Å². The number of carbonyl (C=O) groups is 1. The molecular formula is C21H28N4O3. The van der Waals surface area contributed by atoms with Crippen LogP contribution in [-0.2, 0) is 11.3 Å². The van der Waals surface area contributed by atoms with Crippen LogP contribution in [0, 0.1) is 18.3 Å². The summed E-state index contributed by atoms with van der Waals surface area (Å²) in [5.41, 5.74) is 2.98. The molecule has 0 radical (unpaired) electrons. The van der Waals surface area contributed by atoms with Crippen LogP contribution in [0.1, 0.15) is 43.3 Å². The molecule has 150 valence electrons. The number of nitrogens with zero attached hydrogens (tertiary/aromatic N) is 4. The normalized spacial score (nSPS) is 21.8. The van der Waals surface area contributed by atoms with Crippen molar-refractivity contribution in [2.24, 2.45) is 11.3 Å². The van der Waals surface area contributed by atoms with Gasteiger partial charge in [0.2, 0.25) is 5.91 Å². The fourth-order valence-corrected chi connectivity index (χ4v) is 4.38. The van der Waals surface area contributed by atoms with E-state index >= 15 is 0 Å². The van der Waals surface area contributed by atoms with Crippen LogP contribution in [0.15, 0.2) is 33.0 Å². The molecule has 2 fully saturated rings. The van der Waals surface area contributed by atoms with Crippen LogP contribution < -0.4 is 0 Å². The van der Waals surface area contributed by atoms with Gasteiger partial charge in [0, 0.05) is 19.5 Å². The monoisotopic (exact) mass is 384 g/mol. The lowest BCUT2D eigenvalue weighted by atomic mass is 9.90. The lowest BCUT2D eigenvalue weighted by Gasteiger charge is -2.33. The number of hydrogen-bond acceptors (Lipinski definition) is 6. The molecule has 28 heavy (non-hydrogen) atoms. The van der Waals surface area contributed by atoms with Crippen molar-refractivity contribution < 1.29 is 13.8 Å². The van der Waals surface area contributed by atoms with Crippen LogP contribution in [0.2, 0.25) is 0 Å². The summed E-state index contributed by atoms with van der Waals surface area (Å²) >= 11 is 0. The van der Waals surface area contributed by atoms with Crippen LogP contribution in [0.3, 0.4) is 0 Å². The molecule has 1 saturated heterocycles. The van der Waals surface area contributed by atoms with E-state index in [2.05, 4.69) is 28.2 Å². The van der Waals surface area contributed by atoms with E-state index in [0.29, 0.717) is 6.54 Å². The minimum absolute atomic E-state index is 0.152. The van der Waals surface area contributed by atoms with Crippen molar-refractivity contribution in [2.75, 3.05) is 26.7 Å². The third-order valence-electron chi connectivity index (χ3n) is 6.25. The maximum atomic E-state index is 12.9. The van der Waals surface area contributed by atoms with Gasteiger partial charge in [-0.2, -0.15) is 0 Å². The molecular weight excluding hydrogens is 356 g/mol. The highest BCUT2D eigenvalue weighted by atomic mass is 16.6. The summed E-state index contributed by atoms with van der Waals surface area (Å²) in [6, 6.07) is 3.88. The van der Waals surface area contributed by atoms with Gasteiger partial charge in [0.05, 0.1) is 12.8 Å². The van der Waals surface area contributed by atoms with Crippen molar-refractivity contribution in [1.29, 1.82) is 0 Å².